The fourth-order valence-corrected chi connectivity index (χ4v) is 3.86. The van der Waals surface area contributed by atoms with Crippen molar-refractivity contribution in [2.75, 3.05) is 19.9 Å². The van der Waals surface area contributed by atoms with E-state index in [0.29, 0.717) is 15.8 Å². The zero-order chi connectivity index (χ0) is 19.2. The van der Waals surface area contributed by atoms with Crippen molar-refractivity contribution in [3.8, 4) is 18.1 Å². The summed E-state index contributed by atoms with van der Waals surface area (Å²) in [6.07, 6.45) is 9.11. The number of carbonyl (C=O) groups is 1. The van der Waals surface area contributed by atoms with Gasteiger partial charge in [-0.2, -0.15) is 0 Å². The molecule has 0 aromatic heterocycles. The molecule has 0 N–H and O–H groups in total. The lowest BCUT2D eigenvalue weighted by molar-refractivity contribution is -0.121. The van der Waals surface area contributed by atoms with Crippen molar-refractivity contribution in [2.45, 2.75) is 4.90 Å². The van der Waals surface area contributed by atoms with E-state index < -0.39 is 0 Å². The second kappa shape index (κ2) is 8.85. The van der Waals surface area contributed by atoms with E-state index in [4.69, 9.17) is 11.2 Å². The summed E-state index contributed by atoms with van der Waals surface area (Å²) in [6.45, 7) is 0.180. The minimum Gasteiger partial charge on any atom is -0.480 e. The number of benzene rings is 2. The molecule has 0 bridgehead atoms. The Morgan fingerprint density at radius 1 is 1.30 bits per heavy atom. The molecule has 0 aliphatic carbocycles. The third-order valence-corrected chi connectivity index (χ3v) is 5.58. The summed E-state index contributed by atoms with van der Waals surface area (Å²) < 4.78 is 5.56. The Hall–Kier alpha value is -2.62. The van der Waals surface area contributed by atoms with Crippen LogP contribution in [0.2, 0.25) is 0 Å². The molecular formula is C21H18N2O2S2. The number of terminal acetylenes is 1. The molecule has 2 aromatic rings. The van der Waals surface area contributed by atoms with Crippen LogP contribution in [0.4, 0.5) is 5.69 Å². The number of likely N-dealkylation sites (N-methyl/N-ethyl adjacent to an activating group) is 1. The smallest absolute Gasteiger partial charge is 0.266 e. The number of thioether (sulfide) groups is 2. The summed E-state index contributed by atoms with van der Waals surface area (Å²) in [4.78, 5) is 20.6. The number of nitrogens with zero attached hydrogens (tertiary/aromatic N) is 2. The van der Waals surface area contributed by atoms with E-state index in [0.717, 1.165) is 16.1 Å². The van der Waals surface area contributed by atoms with Gasteiger partial charge in [-0.25, -0.2) is 4.99 Å². The molecular weight excluding hydrogens is 376 g/mol. The van der Waals surface area contributed by atoms with Crippen LogP contribution in [-0.2, 0) is 4.79 Å². The number of ether oxygens (including phenoxy) is 1. The van der Waals surface area contributed by atoms with Crippen molar-refractivity contribution in [1.82, 2.24) is 4.90 Å². The molecule has 1 aliphatic heterocycles. The van der Waals surface area contributed by atoms with E-state index in [9.17, 15) is 4.79 Å². The zero-order valence-electron chi connectivity index (χ0n) is 15.0. The third kappa shape index (κ3) is 4.57. The van der Waals surface area contributed by atoms with Crippen molar-refractivity contribution in [3.63, 3.8) is 0 Å². The Labute approximate surface area is 167 Å². The molecule has 27 heavy (non-hydrogen) atoms. The van der Waals surface area contributed by atoms with Crippen LogP contribution in [0.25, 0.3) is 6.08 Å². The molecule has 0 unspecified atom stereocenters. The van der Waals surface area contributed by atoms with Gasteiger partial charge < -0.3 is 4.74 Å². The van der Waals surface area contributed by atoms with Crippen LogP contribution in [-0.4, -0.2) is 35.9 Å². The molecule has 2 aromatic carbocycles. The van der Waals surface area contributed by atoms with Crippen LogP contribution in [0.15, 0.2) is 63.3 Å². The number of aliphatic imine (C=N–C) groups is 1. The highest BCUT2D eigenvalue weighted by Gasteiger charge is 2.30. The van der Waals surface area contributed by atoms with E-state index in [-0.39, 0.29) is 12.5 Å². The van der Waals surface area contributed by atoms with Crippen molar-refractivity contribution >= 4 is 46.4 Å². The first-order valence-corrected chi connectivity index (χ1v) is 10.2. The van der Waals surface area contributed by atoms with Crippen LogP contribution in [0.1, 0.15) is 5.56 Å². The van der Waals surface area contributed by atoms with Crippen molar-refractivity contribution in [3.05, 3.63) is 59.0 Å². The van der Waals surface area contributed by atoms with Gasteiger partial charge in [-0.05, 0) is 48.4 Å². The minimum absolute atomic E-state index is 0.0912. The molecule has 1 saturated heterocycles. The van der Waals surface area contributed by atoms with E-state index >= 15 is 0 Å². The van der Waals surface area contributed by atoms with Crippen LogP contribution in [0.3, 0.4) is 0 Å². The number of hydrogen-bond acceptors (Lipinski definition) is 5. The average molecular weight is 395 g/mol. The lowest BCUT2D eigenvalue weighted by atomic mass is 10.2. The van der Waals surface area contributed by atoms with Gasteiger partial charge in [-0.3, -0.25) is 9.69 Å². The summed E-state index contributed by atoms with van der Waals surface area (Å²) in [6, 6.07) is 15.4. The highest BCUT2D eigenvalue weighted by molar-refractivity contribution is 8.18. The highest BCUT2D eigenvalue weighted by Crippen LogP contribution is 2.35. The number of carbonyl (C=O) groups excluding carboxylic acids is 1. The van der Waals surface area contributed by atoms with E-state index in [1.807, 2.05) is 60.9 Å². The second-order valence-electron chi connectivity index (χ2n) is 5.60. The minimum atomic E-state index is -0.0912. The van der Waals surface area contributed by atoms with Crippen LogP contribution in [0, 0.1) is 12.3 Å². The maximum atomic E-state index is 12.6. The van der Waals surface area contributed by atoms with Gasteiger partial charge in [0, 0.05) is 17.5 Å². The zero-order valence-corrected chi connectivity index (χ0v) is 16.6. The third-order valence-electron chi connectivity index (χ3n) is 3.80. The Balaban J connectivity index is 1.89. The van der Waals surface area contributed by atoms with Crippen molar-refractivity contribution in [1.29, 1.82) is 0 Å². The standard InChI is InChI=1S/C21H18N2O2S2/c1-4-12-25-18-11-6-5-8-15(18)13-19-20(24)23(2)21(27-19)22-16-9-7-10-17(14-16)26-3/h1,5-11,13-14H,12H2,2-3H3/b19-13+,22-21?. The number of para-hydroxylation sites is 1. The maximum absolute atomic E-state index is 12.6. The second-order valence-corrected chi connectivity index (χ2v) is 7.49. The van der Waals surface area contributed by atoms with Gasteiger partial charge in [0.25, 0.3) is 5.91 Å². The lowest BCUT2D eigenvalue weighted by Gasteiger charge is -2.07. The SMILES string of the molecule is C#CCOc1ccccc1/C=C1/SC(=Nc2cccc(SC)c2)N(C)C1=O. The van der Waals surface area contributed by atoms with Crippen molar-refractivity contribution < 1.29 is 9.53 Å². The van der Waals surface area contributed by atoms with Crippen molar-refractivity contribution in [2.24, 2.45) is 4.99 Å². The molecule has 6 heteroatoms. The first-order valence-electron chi connectivity index (χ1n) is 8.18. The van der Waals surface area contributed by atoms with Gasteiger partial charge in [0.1, 0.15) is 12.4 Å². The molecule has 4 nitrogen and oxygen atoms in total. The fourth-order valence-electron chi connectivity index (χ4n) is 2.43. The normalized spacial score (nSPS) is 16.8. The monoisotopic (exact) mass is 394 g/mol. The quantitative estimate of drug-likeness (QED) is 0.420. The number of rotatable bonds is 5. The van der Waals surface area contributed by atoms with Gasteiger partial charge in [-0.15, -0.1) is 18.2 Å². The summed E-state index contributed by atoms with van der Waals surface area (Å²) in [5, 5.41) is 0.645. The first-order chi connectivity index (χ1) is 13.1. The van der Waals surface area contributed by atoms with Gasteiger partial charge in [0.15, 0.2) is 5.17 Å². The average Bonchev–Trinajstić information content (AvgIpc) is 2.95. The van der Waals surface area contributed by atoms with E-state index in [2.05, 4.69) is 10.9 Å². The Morgan fingerprint density at radius 3 is 2.89 bits per heavy atom. The summed E-state index contributed by atoms with van der Waals surface area (Å²) in [5.74, 6) is 3.01. The van der Waals surface area contributed by atoms with Crippen LogP contribution < -0.4 is 4.74 Å². The molecule has 1 amide bonds. The predicted molar refractivity (Wildman–Crippen MR) is 114 cm³/mol. The molecule has 1 aliphatic rings. The molecule has 3 rings (SSSR count). The van der Waals surface area contributed by atoms with Gasteiger partial charge >= 0.3 is 0 Å². The molecule has 0 atom stereocenters. The number of amidine groups is 1. The summed E-state index contributed by atoms with van der Waals surface area (Å²) in [5.41, 5.74) is 1.63. The molecule has 0 radical (unpaired) electrons. The first kappa shape index (κ1) is 19.2. The fraction of sp³-hybridized carbons (Fsp3) is 0.143. The molecule has 136 valence electrons. The van der Waals surface area contributed by atoms with Crippen LogP contribution >= 0.6 is 23.5 Å². The molecule has 1 heterocycles. The highest BCUT2D eigenvalue weighted by atomic mass is 32.2. The van der Waals surface area contributed by atoms with Gasteiger partial charge in [-0.1, -0.05) is 30.2 Å². The van der Waals surface area contributed by atoms with Gasteiger partial charge in [0.05, 0.1) is 10.6 Å². The Morgan fingerprint density at radius 2 is 2.11 bits per heavy atom. The predicted octanol–water partition coefficient (Wildman–Crippen LogP) is 4.65. The number of amides is 1. The Kier molecular flexibility index (Phi) is 6.28. The topological polar surface area (TPSA) is 41.9 Å². The molecule has 0 saturated carbocycles. The maximum Gasteiger partial charge on any atom is 0.266 e. The Bertz CT molecular complexity index is 961. The largest absolute Gasteiger partial charge is 0.480 e. The summed E-state index contributed by atoms with van der Waals surface area (Å²) in [7, 11) is 1.73. The van der Waals surface area contributed by atoms with Gasteiger partial charge in [0.2, 0.25) is 0 Å². The number of hydrogen-bond donors (Lipinski definition) is 0. The lowest BCUT2D eigenvalue weighted by Crippen LogP contribution is -2.23. The van der Waals surface area contributed by atoms with Crippen LogP contribution in [0.5, 0.6) is 5.75 Å². The van der Waals surface area contributed by atoms with E-state index in [1.165, 1.54) is 11.8 Å². The molecule has 1 fully saturated rings. The van der Waals surface area contributed by atoms with E-state index in [1.54, 1.807) is 23.7 Å². The summed E-state index contributed by atoms with van der Waals surface area (Å²) >= 11 is 3.00. The molecule has 0 spiro atoms.